The molecule has 0 aliphatic heterocycles. The summed E-state index contributed by atoms with van der Waals surface area (Å²) >= 11 is 6.10. The van der Waals surface area contributed by atoms with Crippen LogP contribution in [-0.2, 0) is 10.2 Å². The van der Waals surface area contributed by atoms with Crippen molar-refractivity contribution in [2.75, 3.05) is 13.6 Å². The number of hydrogen-bond acceptors (Lipinski definition) is 2. The molecule has 1 amide bonds. The third-order valence-corrected chi connectivity index (χ3v) is 5.32. The molecule has 0 aromatic heterocycles. The molecule has 114 valence electrons. The number of carbonyl (C=O) groups is 1. The van der Waals surface area contributed by atoms with Crippen molar-refractivity contribution in [3.8, 4) is 0 Å². The van der Waals surface area contributed by atoms with Gasteiger partial charge in [0.05, 0.1) is 11.5 Å². The highest BCUT2D eigenvalue weighted by atomic mass is 35.5. The van der Waals surface area contributed by atoms with Crippen LogP contribution in [0.1, 0.15) is 37.7 Å². The van der Waals surface area contributed by atoms with E-state index in [4.69, 9.17) is 11.6 Å². The van der Waals surface area contributed by atoms with Crippen LogP contribution >= 0.6 is 11.6 Å². The van der Waals surface area contributed by atoms with Gasteiger partial charge in [0.15, 0.2) is 0 Å². The van der Waals surface area contributed by atoms with Crippen LogP contribution in [-0.4, -0.2) is 35.6 Å². The molecule has 1 aromatic rings. The summed E-state index contributed by atoms with van der Waals surface area (Å²) in [4.78, 5) is 14.8. The maximum Gasteiger partial charge on any atom is 0.232 e. The predicted molar refractivity (Wildman–Crippen MR) is 83.3 cm³/mol. The van der Waals surface area contributed by atoms with Gasteiger partial charge in [-0.3, -0.25) is 4.79 Å². The number of carbonyl (C=O) groups excluding carboxylic acids is 1. The van der Waals surface area contributed by atoms with Crippen molar-refractivity contribution in [1.82, 2.24) is 4.90 Å². The van der Waals surface area contributed by atoms with E-state index in [1.165, 1.54) is 0 Å². The predicted octanol–water partition coefficient (Wildman–Crippen LogP) is 2.99. The molecule has 0 spiro atoms. The Morgan fingerprint density at radius 2 is 2.14 bits per heavy atom. The fraction of sp³-hybridized carbons (Fsp3) is 0.588. The van der Waals surface area contributed by atoms with Crippen molar-refractivity contribution in [2.24, 2.45) is 5.92 Å². The van der Waals surface area contributed by atoms with Crippen LogP contribution in [0.15, 0.2) is 24.3 Å². The second-order valence-corrected chi connectivity index (χ2v) is 7.06. The Morgan fingerprint density at radius 3 is 2.67 bits per heavy atom. The highest BCUT2D eigenvalue weighted by Gasteiger charge is 2.47. The lowest BCUT2D eigenvalue weighted by Crippen LogP contribution is -2.51. The molecule has 4 heteroatoms. The van der Waals surface area contributed by atoms with Crippen LogP contribution < -0.4 is 0 Å². The summed E-state index contributed by atoms with van der Waals surface area (Å²) in [5.74, 6) is 0.655. The minimum absolute atomic E-state index is 0.163. The lowest BCUT2D eigenvalue weighted by molar-refractivity contribution is -0.141. The molecule has 3 rings (SSSR count). The Kier molecular flexibility index (Phi) is 3.98. The Balaban J connectivity index is 1.74. The highest BCUT2D eigenvalue weighted by molar-refractivity contribution is 6.30. The lowest BCUT2D eigenvalue weighted by Gasteiger charge is -2.44. The van der Waals surface area contributed by atoms with Gasteiger partial charge in [0.25, 0.3) is 0 Å². The molecule has 0 bridgehead atoms. The summed E-state index contributed by atoms with van der Waals surface area (Å²) in [6.07, 6.45) is 4.38. The van der Waals surface area contributed by atoms with Gasteiger partial charge >= 0.3 is 0 Å². The number of aliphatic hydroxyl groups is 1. The molecule has 2 aliphatic rings. The van der Waals surface area contributed by atoms with Gasteiger partial charge in [-0.1, -0.05) is 30.2 Å². The summed E-state index contributed by atoms with van der Waals surface area (Å²) in [7, 11) is 1.89. The van der Waals surface area contributed by atoms with E-state index in [0.717, 1.165) is 44.2 Å². The lowest BCUT2D eigenvalue weighted by atomic mass is 9.63. The van der Waals surface area contributed by atoms with E-state index in [9.17, 15) is 9.90 Å². The fourth-order valence-corrected chi connectivity index (χ4v) is 3.82. The molecule has 2 fully saturated rings. The number of nitrogens with zero attached hydrogens (tertiary/aromatic N) is 1. The second-order valence-electron chi connectivity index (χ2n) is 6.62. The molecular weight excluding hydrogens is 286 g/mol. The van der Waals surface area contributed by atoms with Gasteiger partial charge in [-0.15, -0.1) is 0 Å². The third kappa shape index (κ3) is 2.69. The first-order valence-corrected chi connectivity index (χ1v) is 8.09. The summed E-state index contributed by atoms with van der Waals surface area (Å²) in [5.41, 5.74) is 0.675. The van der Waals surface area contributed by atoms with Crippen molar-refractivity contribution in [3.05, 3.63) is 34.9 Å². The van der Waals surface area contributed by atoms with Crippen LogP contribution in [0.3, 0.4) is 0 Å². The van der Waals surface area contributed by atoms with Gasteiger partial charge in [0.1, 0.15) is 0 Å². The van der Waals surface area contributed by atoms with Crippen molar-refractivity contribution in [1.29, 1.82) is 0 Å². The van der Waals surface area contributed by atoms with E-state index in [1.54, 1.807) is 0 Å². The number of halogens is 1. The first kappa shape index (κ1) is 14.9. The minimum Gasteiger partial charge on any atom is -0.393 e. The zero-order valence-corrected chi connectivity index (χ0v) is 13.1. The molecule has 0 radical (unpaired) electrons. The Bertz CT molecular complexity index is 535. The second kappa shape index (κ2) is 5.62. The summed E-state index contributed by atoms with van der Waals surface area (Å²) < 4.78 is 0. The van der Waals surface area contributed by atoms with Crippen LogP contribution in [0.4, 0.5) is 0 Å². The number of benzene rings is 1. The molecule has 0 heterocycles. The van der Waals surface area contributed by atoms with E-state index >= 15 is 0 Å². The molecule has 1 aromatic carbocycles. The van der Waals surface area contributed by atoms with Crippen LogP contribution in [0.25, 0.3) is 0 Å². The molecule has 2 aliphatic carbocycles. The molecule has 2 saturated carbocycles. The molecule has 0 atom stereocenters. The molecule has 0 saturated heterocycles. The van der Waals surface area contributed by atoms with Crippen molar-refractivity contribution in [3.63, 3.8) is 0 Å². The standard InChI is InChI=1S/C17H22ClNO2/c1-19(11-12-8-15(20)9-12)16(21)17(6-3-7-17)13-4-2-5-14(18)10-13/h2,4-5,10,12,15,20H,3,6-9,11H2,1H3. The molecule has 21 heavy (non-hydrogen) atoms. The van der Waals surface area contributed by atoms with E-state index in [1.807, 2.05) is 36.2 Å². The highest BCUT2D eigenvalue weighted by Crippen LogP contribution is 2.46. The first-order valence-electron chi connectivity index (χ1n) is 7.71. The van der Waals surface area contributed by atoms with Crippen molar-refractivity contribution >= 4 is 17.5 Å². The fourth-order valence-electron chi connectivity index (χ4n) is 3.63. The van der Waals surface area contributed by atoms with Gasteiger partial charge in [0, 0.05) is 18.6 Å². The number of aliphatic hydroxyl groups excluding tert-OH is 1. The van der Waals surface area contributed by atoms with Gasteiger partial charge in [-0.2, -0.15) is 0 Å². The van der Waals surface area contributed by atoms with Crippen LogP contribution in [0, 0.1) is 5.92 Å². The van der Waals surface area contributed by atoms with Gasteiger partial charge < -0.3 is 10.0 Å². The number of rotatable bonds is 4. The van der Waals surface area contributed by atoms with E-state index in [-0.39, 0.29) is 17.4 Å². The molecule has 0 unspecified atom stereocenters. The maximum atomic E-state index is 12.9. The largest absolute Gasteiger partial charge is 0.393 e. The molecular formula is C17H22ClNO2. The zero-order valence-electron chi connectivity index (χ0n) is 12.4. The van der Waals surface area contributed by atoms with Crippen LogP contribution in [0.5, 0.6) is 0 Å². The van der Waals surface area contributed by atoms with E-state index in [2.05, 4.69) is 0 Å². The Hall–Kier alpha value is -1.06. The normalized spacial score (nSPS) is 26.6. The topological polar surface area (TPSA) is 40.5 Å². The van der Waals surface area contributed by atoms with E-state index < -0.39 is 0 Å². The monoisotopic (exact) mass is 307 g/mol. The summed E-state index contributed by atoms with van der Waals surface area (Å²) in [6, 6.07) is 7.72. The SMILES string of the molecule is CN(CC1CC(O)C1)C(=O)C1(c2cccc(Cl)c2)CCC1. The summed E-state index contributed by atoms with van der Waals surface area (Å²) in [5, 5.41) is 10.1. The van der Waals surface area contributed by atoms with E-state index in [0.29, 0.717) is 10.9 Å². The quantitative estimate of drug-likeness (QED) is 0.929. The average molecular weight is 308 g/mol. The number of hydrogen-bond donors (Lipinski definition) is 1. The third-order valence-electron chi connectivity index (χ3n) is 5.08. The number of likely N-dealkylation sites (N-methyl/N-ethyl adjacent to an activating group) is 1. The van der Waals surface area contributed by atoms with Gasteiger partial charge in [0.2, 0.25) is 5.91 Å². The average Bonchev–Trinajstić information content (AvgIpc) is 2.35. The van der Waals surface area contributed by atoms with Crippen molar-refractivity contribution in [2.45, 2.75) is 43.6 Å². The molecule has 1 N–H and O–H groups in total. The minimum atomic E-state index is -0.373. The Morgan fingerprint density at radius 1 is 1.43 bits per heavy atom. The van der Waals surface area contributed by atoms with Gasteiger partial charge in [-0.25, -0.2) is 0 Å². The van der Waals surface area contributed by atoms with Crippen molar-refractivity contribution < 1.29 is 9.90 Å². The smallest absolute Gasteiger partial charge is 0.232 e. The zero-order chi connectivity index (χ0) is 15.0. The Labute approximate surface area is 130 Å². The van der Waals surface area contributed by atoms with Crippen LogP contribution in [0.2, 0.25) is 5.02 Å². The first-order chi connectivity index (χ1) is 10.0. The van der Waals surface area contributed by atoms with Gasteiger partial charge in [-0.05, 0) is 49.3 Å². The maximum absolute atomic E-state index is 12.9. The molecule has 3 nitrogen and oxygen atoms in total. The number of amides is 1. The summed E-state index contributed by atoms with van der Waals surface area (Å²) in [6.45, 7) is 0.748.